The summed E-state index contributed by atoms with van der Waals surface area (Å²) >= 11 is 0. The van der Waals surface area contributed by atoms with Crippen LogP contribution in [0.1, 0.15) is 28.5 Å². The lowest BCUT2D eigenvalue weighted by atomic mass is 10.1. The van der Waals surface area contributed by atoms with Crippen molar-refractivity contribution in [3.8, 4) is 11.4 Å². The number of hydrogen-bond acceptors (Lipinski definition) is 6. The summed E-state index contributed by atoms with van der Waals surface area (Å²) in [5, 5.41) is 4.84. The predicted octanol–water partition coefficient (Wildman–Crippen LogP) is 3.76. The van der Waals surface area contributed by atoms with E-state index in [-0.39, 0.29) is 11.7 Å². The van der Waals surface area contributed by atoms with Crippen molar-refractivity contribution >= 4 is 11.7 Å². The van der Waals surface area contributed by atoms with Gasteiger partial charge in [-0.3, -0.25) is 4.79 Å². The van der Waals surface area contributed by atoms with Crippen molar-refractivity contribution in [1.29, 1.82) is 0 Å². The predicted molar refractivity (Wildman–Crippen MR) is 142 cm³/mol. The number of anilines is 1. The number of aryl methyl sites for hydroxylation is 1. The van der Waals surface area contributed by atoms with Gasteiger partial charge in [-0.15, -0.1) is 0 Å². The molecule has 1 saturated heterocycles. The summed E-state index contributed by atoms with van der Waals surface area (Å²) in [6.07, 6.45) is 0. The summed E-state index contributed by atoms with van der Waals surface area (Å²) in [7, 11) is 3.18. The van der Waals surface area contributed by atoms with E-state index in [4.69, 9.17) is 14.6 Å². The van der Waals surface area contributed by atoms with Crippen molar-refractivity contribution in [2.75, 3.05) is 65.0 Å². The number of carbonyl (C=O) groups is 1. The van der Waals surface area contributed by atoms with Crippen LogP contribution >= 0.6 is 0 Å². The molecule has 0 spiro atoms. The number of carbonyl (C=O) groups excluding carboxylic acids is 1. The SMILES string of the molecule is CCN1CCN(c2c(CN(CCOC)C(=O)c3ccccc3OC)c(C)nn2-c2cccc(F)c2)CC1. The van der Waals surface area contributed by atoms with Gasteiger partial charge in [0.2, 0.25) is 0 Å². The Hall–Kier alpha value is -3.43. The molecule has 1 fully saturated rings. The number of methoxy groups -OCH3 is 2. The third-order valence-corrected chi connectivity index (χ3v) is 6.87. The second-order valence-electron chi connectivity index (χ2n) is 9.12. The molecule has 1 amide bonds. The van der Waals surface area contributed by atoms with Crippen molar-refractivity contribution in [2.24, 2.45) is 0 Å². The van der Waals surface area contributed by atoms with Crippen LogP contribution in [0.2, 0.25) is 0 Å². The maximum atomic E-state index is 14.2. The van der Waals surface area contributed by atoms with Gasteiger partial charge in [0.05, 0.1) is 37.2 Å². The molecule has 37 heavy (non-hydrogen) atoms. The number of amides is 1. The van der Waals surface area contributed by atoms with Gasteiger partial charge in [0.25, 0.3) is 5.91 Å². The third kappa shape index (κ3) is 5.94. The smallest absolute Gasteiger partial charge is 0.258 e. The Kier molecular flexibility index (Phi) is 8.78. The number of rotatable bonds is 10. The van der Waals surface area contributed by atoms with Gasteiger partial charge < -0.3 is 24.2 Å². The molecule has 0 unspecified atom stereocenters. The third-order valence-electron chi connectivity index (χ3n) is 6.87. The first-order chi connectivity index (χ1) is 18.0. The molecule has 0 atom stereocenters. The largest absolute Gasteiger partial charge is 0.496 e. The van der Waals surface area contributed by atoms with Crippen molar-refractivity contribution in [1.82, 2.24) is 19.6 Å². The zero-order valence-corrected chi connectivity index (χ0v) is 22.1. The fourth-order valence-electron chi connectivity index (χ4n) is 4.76. The second-order valence-corrected chi connectivity index (χ2v) is 9.12. The highest BCUT2D eigenvalue weighted by Gasteiger charge is 2.28. The van der Waals surface area contributed by atoms with E-state index in [9.17, 15) is 9.18 Å². The molecular formula is C28H36FN5O3. The number of halogens is 1. The maximum absolute atomic E-state index is 14.2. The van der Waals surface area contributed by atoms with Gasteiger partial charge in [-0.25, -0.2) is 9.07 Å². The van der Waals surface area contributed by atoms with Crippen LogP contribution in [0.3, 0.4) is 0 Å². The van der Waals surface area contributed by atoms with Crippen molar-refractivity contribution < 1.29 is 18.7 Å². The van der Waals surface area contributed by atoms with Crippen LogP contribution in [-0.2, 0) is 11.3 Å². The molecule has 4 rings (SSSR count). The summed E-state index contributed by atoms with van der Waals surface area (Å²) in [6.45, 7) is 9.74. The molecule has 0 radical (unpaired) electrons. The Bertz CT molecular complexity index is 1210. The molecule has 1 aliphatic rings. The topological polar surface area (TPSA) is 63.1 Å². The molecule has 2 aromatic carbocycles. The van der Waals surface area contributed by atoms with Crippen molar-refractivity contribution in [2.45, 2.75) is 20.4 Å². The molecule has 0 saturated carbocycles. The Labute approximate surface area is 218 Å². The van der Waals surface area contributed by atoms with Crippen molar-refractivity contribution in [3.63, 3.8) is 0 Å². The van der Waals surface area contributed by atoms with E-state index in [2.05, 4.69) is 16.7 Å². The Morgan fingerprint density at radius 3 is 2.51 bits per heavy atom. The first kappa shape index (κ1) is 26.6. The fourth-order valence-corrected chi connectivity index (χ4v) is 4.76. The van der Waals surface area contributed by atoms with Gasteiger partial charge in [0, 0.05) is 45.4 Å². The molecule has 8 nitrogen and oxygen atoms in total. The average molecular weight is 510 g/mol. The summed E-state index contributed by atoms with van der Waals surface area (Å²) in [6, 6.07) is 13.7. The van der Waals surface area contributed by atoms with Crippen LogP contribution in [0, 0.1) is 12.7 Å². The monoisotopic (exact) mass is 509 g/mol. The zero-order valence-electron chi connectivity index (χ0n) is 22.1. The number of nitrogens with zero attached hydrogens (tertiary/aromatic N) is 5. The van der Waals surface area contributed by atoms with Crippen LogP contribution in [0.5, 0.6) is 5.75 Å². The molecular weight excluding hydrogens is 473 g/mol. The summed E-state index contributed by atoms with van der Waals surface area (Å²) in [5.41, 5.74) is 2.89. The molecule has 0 bridgehead atoms. The lowest BCUT2D eigenvalue weighted by Gasteiger charge is -2.36. The van der Waals surface area contributed by atoms with E-state index >= 15 is 0 Å². The molecule has 0 aliphatic carbocycles. The van der Waals surface area contributed by atoms with Crippen LogP contribution in [0.4, 0.5) is 10.2 Å². The number of benzene rings is 2. The van der Waals surface area contributed by atoms with Gasteiger partial charge in [-0.1, -0.05) is 25.1 Å². The summed E-state index contributed by atoms with van der Waals surface area (Å²) < 4.78 is 26.8. The fraction of sp³-hybridized carbons (Fsp3) is 0.429. The molecule has 2 heterocycles. The van der Waals surface area contributed by atoms with Gasteiger partial charge in [0.1, 0.15) is 17.4 Å². The van der Waals surface area contributed by atoms with E-state index < -0.39 is 0 Å². The van der Waals surface area contributed by atoms with E-state index in [1.165, 1.54) is 12.1 Å². The number of ether oxygens (including phenoxy) is 2. The van der Waals surface area contributed by atoms with E-state index in [0.717, 1.165) is 49.8 Å². The van der Waals surface area contributed by atoms with Crippen LogP contribution in [0.25, 0.3) is 5.69 Å². The van der Waals surface area contributed by atoms with Crippen molar-refractivity contribution in [3.05, 3.63) is 71.2 Å². The summed E-state index contributed by atoms with van der Waals surface area (Å²) in [5.74, 6) is 0.961. The van der Waals surface area contributed by atoms with Gasteiger partial charge in [-0.2, -0.15) is 5.10 Å². The molecule has 0 N–H and O–H groups in total. The number of piperazine rings is 1. The lowest BCUT2D eigenvalue weighted by molar-refractivity contribution is 0.0677. The first-order valence-electron chi connectivity index (χ1n) is 12.7. The standard InChI is InChI=1S/C28H36FN5O3/c1-5-31-13-15-32(16-14-31)27-25(21(2)30-34(27)23-10-8-9-22(29)19-23)20-33(17-18-36-3)28(35)24-11-6-7-12-26(24)37-4/h6-12,19H,5,13-18,20H2,1-4H3. The van der Waals surface area contributed by atoms with E-state index in [1.807, 2.05) is 29.8 Å². The minimum atomic E-state index is -0.318. The van der Waals surface area contributed by atoms with Gasteiger partial charge in [-0.05, 0) is 43.8 Å². The Morgan fingerprint density at radius 2 is 1.84 bits per heavy atom. The number of aromatic nitrogens is 2. The minimum absolute atomic E-state index is 0.144. The number of hydrogen-bond donors (Lipinski definition) is 0. The Balaban J connectivity index is 1.76. The minimum Gasteiger partial charge on any atom is -0.496 e. The first-order valence-corrected chi connectivity index (χ1v) is 12.7. The van der Waals surface area contributed by atoms with Gasteiger partial charge in [0.15, 0.2) is 0 Å². The number of para-hydroxylation sites is 1. The average Bonchev–Trinajstić information content (AvgIpc) is 3.26. The van der Waals surface area contributed by atoms with Gasteiger partial charge >= 0.3 is 0 Å². The summed E-state index contributed by atoms with van der Waals surface area (Å²) in [4.78, 5) is 20.2. The van der Waals surface area contributed by atoms with Crippen LogP contribution in [-0.4, -0.2) is 85.6 Å². The highest BCUT2D eigenvalue weighted by atomic mass is 19.1. The normalized spacial score (nSPS) is 14.1. The number of likely N-dealkylation sites (N-methyl/N-ethyl adjacent to an activating group) is 1. The molecule has 198 valence electrons. The molecule has 1 aromatic heterocycles. The van der Waals surface area contributed by atoms with Crippen LogP contribution in [0.15, 0.2) is 48.5 Å². The second kappa shape index (κ2) is 12.2. The lowest BCUT2D eigenvalue weighted by Crippen LogP contribution is -2.47. The zero-order chi connectivity index (χ0) is 26.4. The quantitative estimate of drug-likeness (QED) is 0.415. The Morgan fingerprint density at radius 1 is 1.08 bits per heavy atom. The highest BCUT2D eigenvalue weighted by molar-refractivity contribution is 5.97. The maximum Gasteiger partial charge on any atom is 0.258 e. The molecule has 3 aromatic rings. The van der Waals surface area contributed by atoms with E-state index in [1.54, 1.807) is 37.3 Å². The molecule has 1 aliphatic heterocycles. The van der Waals surface area contributed by atoms with Crippen LogP contribution < -0.4 is 9.64 Å². The highest BCUT2D eigenvalue weighted by Crippen LogP contribution is 2.31. The van der Waals surface area contributed by atoms with E-state index in [0.29, 0.717) is 36.7 Å². The molecule has 9 heteroatoms.